The Hall–Kier alpha value is -1.66. The maximum atomic E-state index is 12.9. The fraction of sp³-hybridized carbons (Fsp3) is 0.579. The van der Waals surface area contributed by atoms with Gasteiger partial charge in [-0.25, -0.2) is 0 Å². The molecule has 0 unspecified atom stereocenters. The second kappa shape index (κ2) is 9.51. The van der Waals surface area contributed by atoms with E-state index in [2.05, 4.69) is 0 Å². The van der Waals surface area contributed by atoms with Crippen molar-refractivity contribution in [3.63, 3.8) is 0 Å². The number of nitrogens with two attached hydrogens (primary N) is 1. The number of piperazine rings is 1. The summed E-state index contributed by atoms with van der Waals surface area (Å²) in [5, 5.41) is 0.334. The largest absolute Gasteiger partial charge is 0.496 e. The number of rotatable bonds is 3. The molecule has 6 nitrogen and oxygen atoms in total. The third kappa shape index (κ3) is 4.79. The molecule has 0 atom stereocenters. The van der Waals surface area contributed by atoms with Crippen LogP contribution < -0.4 is 10.5 Å². The van der Waals surface area contributed by atoms with Gasteiger partial charge in [0.25, 0.3) is 5.91 Å². The molecule has 27 heavy (non-hydrogen) atoms. The fourth-order valence-corrected chi connectivity index (χ4v) is 3.98. The molecule has 0 aromatic heterocycles. The highest BCUT2D eigenvalue weighted by Crippen LogP contribution is 2.30. The molecule has 1 aliphatic heterocycles. The minimum atomic E-state index is -0.145. The molecule has 2 N–H and O–H groups in total. The normalized spacial score (nSPS) is 18.0. The van der Waals surface area contributed by atoms with Crippen LogP contribution in [0.15, 0.2) is 12.1 Å². The minimum Gasteiger partial charge on any atom is -0.496 e. The SMILES string of the molecule is COc1cc(N)c(Cl)cc1C(=O)N1CCN(C(=O)C2CCCCC2)CC1.Cl. The van der Waals surface area contributed by atoms with E-state index in [9.17, 15) is 9.59 Å². The lowest BCUT2D eigenvalue weighted by atomic mass is 9.88. The number of anilines is 1. The van der Waals surface area contributed by atoms with Crippen LogP contribution in [0.3, 0.4) is 0 Å². The standard InChI is InChI=1S/C19H26ClN3O3.ClH/c1-26-17-12-16(21)15(20)11-14(17)19(25)23-9-7-22(8-10-23)18(24)13-5-3-2-4-6-13;/h11-13H,2-10,21H2,1H3;1H. The zero-order chi connectivity index (χ0) is 18.7. The van der Waals surface area contributed by atoms with Crippen molar-refractivity contribution < 1.29 is 14.3 Å². The van der Waals surface area contributed by atoms with Crippen LogP contribution in [0.25, 0.3) is 0 Å². The van der Waals surface area contributed by atoms with E-state index in [1.165, 1.54) is 13.5 Å². The first-order valence-electron chi connectivity index (χ1n) is 9.22. The number of methoxy groups -OCH3 is 1. The predicted molar refractivity (Wildman–Crippen MR) is 109 cm³/mol. The molecular weight excluding hydrogens is 389 g/mol. The van der Waals surface area contributed by atoms with Crippen molar-refractivity contribution in [3.05, 3.63) is 22.7 Å². The number of hydrogen-bond acceptors (Lipinski definition) is 4. The van der Waals surface area contributed by atoms with Gasteiger partial charge >= 0.3 is 0 Å². The number of halogens is 2. The summed E-state index contributed by atoms with van der Waals surface area (Å²) in [5.74, 6) is 0.693. The van der Waals surface area contributed by atoms with Crippen molar-refractivity contribution in [2.45, 2.75) is 32.1 Å². The third-order valence-corrected chi connectivity index (χ3v) is 5.71. The van der Waals surface area contributed by atoms with Crippen LogP contribution in [0.5, 0.6) is 5.75 Å². The van der Waals surface area contributed by atoms with Crippen molar-refractivity contribution in [3.8, 4) is 5.75 Å². The van der Waals surface area contributed by atoms with Gasteiger partial charge < -0.3 is 20.3 Å². The van der Waals surface area contributed by atoms with Gasteiger partial charge in [0.15, 0.2) is 0 Å². The van der Waals surface area contributed by atoms with Crippen LogP contribution in [0.1, 0.15) is 42.5 Å². The van der Waals surface area contributed by atoms with Crippen LogP contribution in [0, 0.1) is 5.92 Å². The zero-order valence-electron chi connectivity index (χ0n) is 15.6. The lowest BCUT2D eigenvalue weighted by molar-refractivity contribution is -0.138. The van der Waals surface area contributed by atoms with E-state index in [1.54, 1.807) is 17.0 Å². The van der Waals surface area contributed by atoms with Gasteiger partial charge in [-0.15, -0.1) is 12.4 Å². The number of ether oxygens (including phenoxy) is 1. The Bertz CT molecular complexity index is 685. The minimum absolute atomic E-state index is 0. The van der Waals surface area contributed by atoms with Gasteiger partial charge in [-0.2, -0.15) is 0 Å². The van der Waals surface area contributed by atoms with Crippen molar-refractivity contribution in [1.29, 1.82) is 0 Å². The second-order valence-electron chi connectivity index (χ2n) is 7.03. The van der Waals surface area contributed by atoms with Gasteiger partial charge in [0, 0.05) is 38.2 Å². The summed E-state index contributed by atoms with van der Waals surface area (Å²) in [4.78, 5) is 29.2. The molecule has 1 aromatic carbocycles. The highest BCUT2D eigenvalue weighted by atomic mass is 35.5. The number of benzene rings is 1. The summed E-state index contributed by atoms with van der Waals surface area (Å²) in [6, 6.07) is 3.12. The molecule has 8 heteroatoms. The average Bonchev–Trinajstić information content (AvgIpc) is 2.69. The zero-order valence-corrected chi connectivity index (χ0v) is 17.2. The number of hydrogen-bond donors (Lipinski definition) is 1. The van der Waals surface area contributed by atoms with Gasteiger partial charge in [-0.3, -0.25) is 9.59 Å². The van der Waals surface area contributed by atoms with Gasteiger partial charge in [0.1, 0.15) is 5.75 Å². The van der Waals surface area contributed by atoms with E-state index in [-0.39, 0.29) is 30.1 Å². The molecule has 1 saturated heterocycles. The Morgan fingerprint density at radius 3 is 2.26 bits per heavy atom. The smallest absolute Gasteiger partial charge is 0.257 e. The van der Waals surface area contributed by atoms with E-state index in [0.717, 1.165) is 25.7 Å². The Balaban J connectivity index is 0.00000261. The van der Waals surface area contributed by atoms with E-state index >= 15 is 0 Å². The van der Waals surface area contributed by atoms with Gasteiger partial charge in [0.2, 0.25) is 5.91 Å². The van der Waals surface area contributed by atoms with Gasteiger partial charge in [0.05, 0.1) is 23.4 Å². The molecule has 1 aliphatic carbocycles. The summed E-state index contributed by atoms with van der Waals surface area (Å²) in [6.07, 6.45) is 5.52. The summed E-state index contributed by atoms with van der Waals surface area (Å²) >= 11 is 6.07. The Kier molecular flexibility index (Phi) is 7.62. The highest BCUT2D eigenvalue weighted by Gasteiger charge is 2.30. The van der Waals surface area contributed by atoms with Crippen molar-refractivity contribution in [2.24, 2.45) is 5.92 Å². The summed E-state index contributed by atoms with van der Waals surface area (Å²) in [7, 11) is 1.50. The van der Waals surface area contributed by atoms with E-state index < -0.39 is 0 Å². The quantitative estimate of drug-likeness (QED) is 0.768. The van der Waals surface area contributed by atoms with Gasteiger partial charge in [-0.1, -0.05) is 30.9 Å². The highest BCUT2D eigenvalue weighted by molar-refractivity contribution is 6.33. The molecule has 2 fully saturated rings. The topological polar surface area (TPSA) is 75.9 Å². The number of carbonyl (C=O) groups is 2. The predicted octanol–water partition coefficient (Wildman–Crippen LogP) is 3.22. The molecule has 3 rings (SSSR count). The van der Waals surface area contributed by atoms with Crippen LogP contribution in [0.4, 0.5) is 5.69 Å². The number of carbonyl (C=O) groups excluding carboxylic acids is 2. The molecular formula is C19H27Cl2N3O3. The number of nitrogens with zero attached hydrogens (tertiary/aromatic N) is 2. The van der Waals surface area contributed by atoms with E-state index in [0.29, 0.717) is 48.2 Å². The summed E-state index contributed by atoms with van der Waals surface area (Å²) in [5.41, 5.74) is 6.56. The molecule has 1 saturated carbocycles. The van der Waals surface area contributed by atoms with E-state index in [4.69, 9.17) is 22.1 Å². The summed E-state index contributed by atoms with van der Waals surface area (Å²) in [6.45, 7) is 2.18. The average molecular weight is 416 g/mol. The molecule has 2 aliphatic rings. The van der Waals surface area contributed by atoms with E-state index in [1.807, 2.05) is 4.90 Å². The number of amides is 2. The molecule has 0 radical (unpaired) electrons. The molecule has 1 aromatic rings. The number of nitrogen functional groups attached to an aromatic ring is 1. The van der Waals surface area contributed by atoms with Crippen molar-refractivity contribution >= 4 is 41.5 Å². The van der Waals surface area contributed by atoms with Crippen LogP contribution in [0.2, 0.25) is 5.02 Å². The first-order valence-corrected chi connectivity index (χ1v) is 9.60. The first kappa shape index (κ1) is 21.6. The second-order valence-corrected chi connectivity index (χ2v) is 7.43. The Morgan fingerprint density at radius 1 is 1.07 bits per heavy atom. The van der Waals surface area contributed by atoms with Crippen molar-refractivity contribution in [1.82, 2.24) is 9.80 Å². The monoisotopic (exact) mass is 415 g/mol. The molecule has 0 spiro atoms. The molecule has 0 bridgehead atoms. The van der Waals surface area contributed by atoms with Crippen LogP contribution in [-0.4, -0.2) is 54.9 Å². The molecule has 150 valence electrons. The lowest BCUT2D eigenvalue weighted by Gasteiger charge is -2.37. The Labute approximate surface area is 171 Å². The van der Waals surface area contributed by atoms with Gasteiger partial charge in [-0.05, 0) is 18.9 Å². The maximum Gasteiger partial charge on any atom is 0.257 e. The first-order chi connectivity index (χ1) is 12.5. The maximum absolute atomic E-state index is 12.9. The fourth-order valence-electron chi connectivity index (χ4n) is 3.81. The van der Waals surface area contributed by atoms with Crippen LogP contribution >= 0.6 is 24.0 Å². The van der Waals surface area contributed by atoms with Crippen LogP contribution in [-0.2, 0) is 4.79 Å². The Morgan fingerprint density at radius 2 is 1.67 bits per heavy atom. The van der Waals surface area contributed by atoms with Crippen molar-refractivity contribution in [2.75, 3.05) is 39.0 Å². The molecule has 2 amide bonds. The lowest BCUT2D eigenvalue weighted by Crippen LogP contribution is -2.52. The molecule has 1 heterocycles. The summed E-state index contributed by atoms with van der Waals surface area (Å²) < 4.78 is 5.28. The third-order valence-electron chi connectivity index (χ3n) is 5.38.